The summed E-state index contributed by atoms with van der Waals surface area (Å²) in [6, 6.07) is 0. The van der Waals surface area contributed by atoms with E-state index < -0.39 is 0 Å². The smallest absolute Gasteiger partial charge is 0.0162 e. The highest BCUT2D eigenvalue weighted by molar-refractivity contribution is 8.03. The molecule has 0 nitrogen and oxygen atoms in total. The van der Waals surface area contributed by atoms with E-state index in [1.807, 2.05) is 6.92 Å². The lowest BCUT2D eigenvalue weighted by atomic mass is 11.0. The fourth-order valence-corrected chi connectivity index (χ4v) is 0.462. The Morgan fingerprint density at radius 3 is 2.67 bits per heavy atom. The molecule has 0 saturated carbocycles. The van der Waals surface area contributed by atoms with Gasteiger partial charge in [0.1, 0.15) is 0 Å². The van der Waals surface area contributed by atoms with Gasteiger partial charge < -0.3 is 0 Å². The van der Waals surface area contributed by atoms with Crippen molar-refractivity contribution in [3.8, 4) is 10.6 Å². The van der Waals surface area contributed by atoms with E-state index in [-0.39, 0.29) is 0 Å². The molecule has 0 bridgehead atoms. The highest BCUT2D eigenvalue weighted by atomic mass is 35.5. The summed E-state index contributed by atoms with van der Waals surface area (Å²) < 4.78 is 0. The number of rotatable bonds is 1. The molecule has 0 aromatic heterocycles. The van der Waals surface area contributed by atoms with E-state index in [2.05, 4.69) is 10.6 Å². The van der Waals surface area contributed by atoms with Crippen LogP contribution in [0, 0.1) is 10.6 Å². The van der Waals surface area contributed by atoms with Crippen LogP contribution in [0.25, 0.3) is 0 Å². The highest BCUT2D eigenvalue weighted by Gasteiger charge is 1.64. The van der Waals surface area contributed by atoms with Crippen LogP contribution >= 0.6 is 23.4 Å². The molecule has 0 amide bonds. The Balaban J connectivity index is 2.79. The van der Waals surface area contributed by atoms with Crippen LogP contribution < -0.4 is 0 Å². The minimum atomic E-state index is 1.01. The maximum absolute atomic E-state index is 5.00. The molecule has 0 radical (unpaired) electrons. The third-order valence-corrected chi connectivity index (χ3v) is 0.997. The second-order valence-electron chi connectivity index (χ2n) is 0.630. The molecule has 0 aromatic carbocycles. The van der Waals surface area contributed by atoms with Gasteiger partial charge in [-0.2, -0.15) is 0 Å². The van der Waals surface area contributed by atoms with Gasteiger partial charge in [-0.05, 0) is 16.9 Å². The van der Waals surface area contributed by atoms with Crippen LogP contribution in [0.3, 0.4) is 0 Å². The standard InChI is InChI=1S/C4H5ClS/c1-2-6-4-3-5/h2H2,1H3. The molecule has 0 fully saturated rings. The van der Waals surface area contributed by atoms with Gasteiger partial charge in [0.2, 0.25) is 0 Å². The molecular weight excluding hydrogens is 116 g/mol. The van der Waals surface area contributed by atoms with Crippen molar-refractivity contribution in [2.24, 2.45) is 0 Å². The molecule has 0 heterocycles. The summed E-state index contributed by atoms with van der Waals surface area (Å²) in [5.74, 6) is 1.01. The predicted molar refractivity (Wildman–Crippen MR) is 31.8 cm³/mol. The van der Waals surface area contributed by atoms with E-state index in [4.69, 9.17) is 11.6 Å². The van der Waals surface area contributed by atoms with E-state index in [9.17, 15) is 0 Å². The lowest BCUT2D eigenvalue weighted by molar-refractivity contribution is 1.54. The molecular formula is C4H5ClS. The van der Waals surface area contributed by atoms with Crippen molar-refractivity contribution in [1.82, 2.24) is 0 Å². The van der Waals surface area contributed by atoms with Crippen LogP contribution in [0.5, 0.6) is 0 Å². The SMILES string of the molecule is CCSC#CCl. The Hall–Kier alpha value is 0.200. The minimum Gasteiger partial charge on any atom is -0.0741 e. The summed E-state index contributed by atoms with van der Waals surface area (Å²) in [7, 11) is 0. The van der Waals surface area contributed by atoms with Gasteiger partial charge in [-0.1, -0.05) is 18.7 Å². The maximum Gasteiger partial charge on any atom is 0.0162 e. The first-order valence-electron chi connectivity index (χ1n) is 1.64. The van der Waals surface area contributed by atoms with Gasteiger partial charge >= 0.3 is 0 Å². The van der Waals surface area contributed by atoms with Crippen molar-refractivity contribution in [3.05, 3.63) is 0 Å². The maximum atomic E-state index is 5.00. The van der Waals surface area contributed by atoms with Gasteiger partial charge in [-0.25, -0.2) is 0 Å². The summed E-state index contributed by atoms with van der Waals surface area (Å²) in [5, 5.41) is 4.88. The highest BCUT2D eigenvalue weighted by Crippen LogP contribution is 1.92. The molecule has 0 N–H and O–H groups in total. The molecule has 0 aliphatic rings. The van der Waals surface area contributed by atoms with Crippen LogP contribution in [0.4, 0.5) is 0 Å². The molecule has 34 valence electrons. The van der Waals surface area contributed by atoms with Crippen molar-refractivity contribution in [1.29, 1.82) is 0 Å². The Kier molecular flexibility index (Phi) is 5.37. The first kappa shape index (κ1) is 6.20. The molecule has 0 aromatic rings. The average Bonchev–Trinajstić information content (AvgIpc) is 1.61. The fourth-order valence-electron chi connectivity index (χ4n) is 0.0994. The van der Waals surface area contributed by atoms with Crippen LogP contribution in [0.15, 0.2) is 0 Å². The zero-order valence-electron chi connectivity index (χ0n) is 3.49. The summed E-state index contributed by atoms with van der Waals surface area (Å²) >= 11 is 6.51. The van der Waals surface area contributed by atoms with Crippen molar-refractivity contribution in [2.45, 2.75) is 6.92 Å². The number of hydrogen-bond donors (Lipinski definition) is 0. The molecule has 0 saturated heterocycles. The van der Waals surface area contributed by atoms with E-state index in [0.29, 0.717) is 0 Å². The lowest BCUT2D eigenvalue weighted by Crippen LogP contribution is -1.53. The number of halogens is 1. The first-order valence-corrected chi connectivity index (χ1v) is 3.00. The van der Waals surface area contributed by atoms with Gasteiger partial charge in [-0.3, -0.25) is 0 Å². The van der Waals surface area contributed by atoms with Crippen LogP contribution in [0.1, 0.15) is 6.92 Å². The normalized spacial score (nSPS) is 6.33. The molecule has 0 unspecified atom stereocenters. The molecule has 2 heteroatoms. The molecule has 6 heavy (non-hydrogen) atoms. The van der Waals surface area contributed by atoms with Gasteiger partial charge in [0.15, 0.2) is 0 Å². The summed E-state index contributed by atoms with van der Waals surface area (Å²) in [6.07, 6.45) is 0. The van der Waals surface area contributed by atoms with Crippen LogP contribution in [-0.4, -0.2) is 5.75 Å². The molecule has 0 rings (SSSR count). The van der Waals surface area contributed by atoms with E-state index in [1.165, 1.54) is 11.8 Å². The second kappa shape index (κ2) is 5.20. The van der Waals surface area contributed by atoms with E-state index >= 15 is 0 Å². The second-order valence-corrected chi connectivity index (χ2v) is 1.89. The molecule has 0 aliphatic carbocycles. The fraction of sp³-hybridized carbons (Fsp3) is 0.500. The van der Waals surface area contributed by atoms with E-state index in [0.717, 1.165) is 5.75 Å². The van der Waals surface area contributed by atoms with Crippen molar-refractivity contribution in [3.63, 3.8) is 0 Å². The minimum absolute atomic E-state index is 1.01. The molecule has 0 atom stereocenters. The Labute approximate surface area is 47.3 Å². The zero-order chi connectivity index (χ0) is 4.83. The summed E-state index contributed by atoms with van der Waals surface area (Å²) in [6.45, 7) is 2.03. The lowest BCUT2D eigenvalue weighted by Gasteiger charge is -1.70. The van der Waals surface area contributed by atoms with Crippen LogP contribution in [-0.2, 0) is 0 Å². The first-order chi connectivity index (χ1) is 2.91. The summed E-state index contributed by atoms with van der Waals surface area (Å²) in [4.78, 5) is 0. The van der Waals surface area contributed by atoms with Gasteiger partial charge in [-0.15, -0.1) is 0 Å². The van der Waals surface area contributed by atoms with Gasteiger partial charge in [0.25, 0.3) is 0 Å². The Morgan fingerprint density at radius 1 is 1.83 bits per heavy atom. The van der Waals surface area contributed by atoms with Crippen molar-refractivity contribution >= 4 is 23.4 Å². The largest absolute Gasteiger partial charge is 0.0741 e. The van der Waals surface area contributed by atoms with Gasteiger partial charge in [0, 0.05) is 11.1 Å². The third-order valence-electron chi connectivity index (χ3n) is 0.255. The monoisotopic (exact) mass is 120 g/mol. The van der Waals surface area contributed by atoms with Crippen molar-refractivity contribution < 1.29 is 0 Å². The zero-order valence-corrected chi connectivity index (χ0v) is 5.07. The molecule has 0 spiro atoms. The Bertz CT molecular complexity index is 69.4. The summed E-state index contributed by atoms with van der Waals surface area (Å²) in [5.41, 5.74) is 0. The number of hydrogen-bond acceptors (Lipinski definition) is 1. The quantitative estimate of drug-likeness (QED) is 0.477. The predicted octanol–water partition coefficient (Wildman–Crippen LogP) is 1.90. The van der Waals surface area contributed by atoms with Crippen LogP contribution in [0.2, 0.25) is 0 Å². The Morgan fingerprint density at radius 2 is 2.50 bits per heavy atom. The number of thioether (sulfide) groups is 1. The molecule has 0 aliphatic heterocycles. The topological polar surface area (TPSA) is 0 Å². The van der Waals surface area contributed by atoms with Gasteiger partial charge in [0.05, 0.1) is 0 Å². The average molecular weight is 121 g/mol. The van der Waals surface area contributed by atoms with Crippen molar-refractivity contribution in [2.75, 3.05) is 5.75 Å². The van der Waals surface area contributed by atoms with E-state index in [1.54, 1.807) is 0 Å². The third kappa shape index (κ3) is 4.20.